The van der Waals surface area contributed by atoms with Gasteiger partial charge in [0, 0.05) is 39.3 Å². The number of carbonyl (C=O) groups is 1. The van der Waals surface area contributed by atoms with E-state index in [4.69, 9.17) is 4.74 Å². The molecule has 168 valence electrons. The number of rotatable bonds is 9. The molecular weight excluding hydrogens is 378 g/mol. The topological polar surface area (TPSA) is 56.2 Å². The Balaban J connectivity index is 1.44. The van der Waals surface area contributed by atoms with Gasteiger partial charge < -0.3 is 19.6 Å². The highest BCUT2D eigenvalue weighted by Crippen LogP contribution is 2.20. The first-order chi connectivity index (χ1) is 14.6. The molecule has 6 heteroatoms. The molecule has 6 nitrogen and oxygen atoms in total. The van der Waals surface area contributed by atoms with E-state index in [2.05, 4.69) is 34.9 Å². The molecule has 0 radical (unpaired) electrons. The second kappa shape index (κ2) is 11.7. The second-order valence-electron chi connectivity index (χ2n) is 8.85. The Morgan fingerprint density at radius 3 is 2.73 bits per heavy atom. The van der Waals surface area contributed by atoms with E-state index in [1.54, 1.807) is 7.11 Å². The van der Waals surface area contributed by atoms with E-state index in [-0.39, 0.29) is 12.0 Å². The SMILES string of the molecule is CCN(CC1CCCN(CCc2cccc(OC)c2)C1)C(=O)CN1CCC(O)CC1. The molecule has 2 saturated heterocycles. The van der Waals surface area contributed by atoms with Crippen LogP contribution in [-0.4, -0.2) is 91.3 Å². The van der Waals surface area contributed by atoms with Gasteiger partial charge in [-0.25, -0.2) is 0 Å². The lowest BCUT2D eigenvalue weighted by atomic mass is 9.96. The van der Waals surface area contributed by atoms with Crippen molar-refractivity contribution in [3.63, 3.8) is 0 Å². The highest BCUT2D eigenvalue weighted by Gasteiger charge is 2.25. The minimum Gasteiger partial charge on any atom is -0.497 e. The smallest absolute Gasteiger partial charge is 0.236 e. The predicted octanol–water partition coefficient (Wildman–Crippen LogP) is 2.25. The number of nitrogens with zero attached hydrogens (tertiary/aromatic N) is 3. The molecule has 1 aromatic carbocycles. The molecule has 0 aromatic heterocycles. The maximum absolute atomic E-state index is 12.8. The normalized spacial score (nSPS) is 21.5. The Hall–Kier alpha value is -1.63. The monoisotopic (exact) mass is 417 g/mol. The number of hydrogen-bond donors (Lipinski definition) is 1. The van der Waals surface area contributed by atoms with E-state index in [0.717, 1.165) is 70.8 Å². The Labute approximate surface area is 181 Å². The van der Waals surface area contributed by atoms with Crippen LogP contribution < -0.4 is 4.74 Å². The Bertz CT molecular complexity index is 661. The van der Waals surface area contributed by atoms with Crippen LogP contribution in [0.1, 0.15) is 38.2 Å². The van der Waals surface area contributed by atoms with Crippen molar-refractivity contribution >= 4 is 5.91 Å². The molecule has 2 heterocycles. The summed E-state index contributed by atoms with van der Waals surface area (Å²) >= 11 is 0. The van der Waals surface area contributed by atoms with Gasteiger partial charge in [-0.1, -0.05) is 12.1 Å². The van der Waals surface area contributed by atoms with Crippen LogP contribution in [0.3, 0.4) is 0 Å². The van der Waals surface area contributed by atoms with Crippen molar-refractivity contribution in [2.75, 3.05) is 59.5 Å². The zero-order valence-electron chi connectivity index (χ0n) is 18.8. The Morgan fingerprint density at radius 2 is 2.00 bits per heavy atom. The molecule has 2 aliphatic rings. The average molecular weight is 418 g/mol. The third-order valence-corrected chi connectivity index (χ3v) is 6.58. The number of methoxy groups -OCH3 is 1. The van der Waals surface area contributed by atoms with E-state index in [0.29, 0.717) is 12.5 Å². The summed E-state index contributed by atoms with van der Waals surface area (Å²) < 4.78 is 5.33. The zero-order chi connectivity index (χ0) is 21.3. The number of ether oxygens (including phenoxy) is 1. The molecule has 0 spiro atoms. The van der Waals surface area contributed by atoms with Crippen molar-refractivity contribution in [2.45, 2.75) is 45.1 Å². The lowest BCUT2D eigenvalue weighted by molar-refractivity contribution is -0.133. The molecule has 3 rings (SSSR count). The first kappa shape index (κ1) is 23.0. The van der Waals surface area contributed by atoms with Crippen LogP contribution in [0.4, 0.5) is 0 Å². The van der Waals surface area contributed by atoms with Crippen molar-refractivity contribution in [1.29, 1.82) is 0 Å². The molecule has 0 aliphatic carbocycles. The lowest BCUT2D eigenvalue weighted by Gasteiger charge is -2.36. The number of aliphatic hydroxyl groups excluding tert-OH is 1. The predicted molar refractivity (Wildman–Crippen MR) is 120 cm³/mol. The fourth-order valence-corrected chi connectivity index (χ4v) is 4.71. The van der Waals surface area contributed by atoms with Gasteiger partial charge in [-0.3, -0.25) is 9.69 Å². The molecule has 1 atom stereocenters. The summed E-state index contributed by atoms with van der Waals surface area (Å²) in [5.74, 6) is 1.71. The molecule has 1 unspecified atom stereocenters. The van der Waals surface area contributed by atoms with Gasteiger partial charge in [0.1, 0.15) is 5.75 Å². The van der Waals surface area contributed by atoms with Gasteiger partial charge in [-0.2, -0.15) is 0 Å². The van der Waals surface area contributed by atoms with Crippen LogP contribution in [0, 0.1) is 5.92 Å². The summed E-state index contributed by atoms with van der Waals surface area (Å²) in [6.45, 7) is 9.14. The second-order valence-corrected chi connectivity index (χ2v) is 8.85. The van der Waals surface area contributed by atoms with Crippen molar-refractivity contribution in [1.82, 2.24) is 14.7 Å². The van der Waals surface area contributed by atoms with E-state index in [9.17, 15) is 9.90 Å². The molecule has 1 aromatic rings. The number of amides is 1. The van der Waals surface area contributed by atoms with Gasteiger partial charge >= 0.3 is 0 Å². The van der Waals surface area contributed by atoms with Gasteiger partial charge in [0.05, 0.1) is 19.8 Å². The number of carbonyl (C=O) groups excluding carboxylic acids is 1. The third kappa shape index (κ3) is 6.96. The number of piperidine rings is 2. The summed E-state index contributed by atoms with van der Waals surface area (Å²) in [5.41, 5.74) is 1.31. The Morgan fingerprint density at radius 1 is 1.20 bits per heavy atom. The minimum absolute atomic E-state index is 0.191. The van der Waals surface area contributed by atoms with Gasteiger partial charge in [0.15, 0.2) is 0 Å². The average Bonchev–Trinajstić information content (AvgIpc) is 2.78. The van der Waals surface area contributed by atoms with Crippen LogP contribution in [-0.2, 0) is 11.2 Å². The van der Waals surface area contributed by atoms with Gasteiger partial charge in [0.25, 0.3) is 0 Å². The minimum atomic E-state index is -0.191. The molecule has 30 heavy (non-hydrogen) atoms. The van der Waals surface area contributed by atoms with E-state index in [1.807, 2.05) is 11.0 Å². The third-order valence-electron chi connectivity index (χ3n) is 6.58. The fraction of sp³-hybridized carbons (Fsp3) is 0.708. The standard InChI is InChI=1S/C24H39N3O3/c1-3-27(24(29)19-26-14-10-22(28)11-15-26)18-21-7-5-12-25(17-21)13-9-20-6-4-8-23(16-20)30-2/h4,6,8,16,21-22,28H,3,5,7,9-15,17-19H2,1-2H3. The zero-order valence-corrected chi connectivity index (χ0v) is 18.8. The maximum Gasteiger partial charge on any atom is 0.236 e. The van der Waals surface area contributed by atoms with Crippen LogP contribution in [0.25, 0.3) is 0 Å². The molecule has 0 bridgehead atoms. The maximum atomic E-state index is 12.8. The highest BCUT2D eigenvalue weighted by molar-refractivity contribution is 5.78. The molecule has 1 N–H and O–H groups in total. The number of benzene rings is 1. The molecule has 0 saturated carbocycles. The van der Waals surface area contributed by atoms with Crippen LogP contribution >= 0.6 is 0 Å². The van der Waals surface area contributed by atoms with Crippen molar-refractivity contribution in [3.8, 4) is 5.75 Å². The summed E-state index contributed by atoms with van der Waals surface area (Å²) in [6.07, 6.45) is 4.81. The largest absolute Gasteiger partial charge is 0.497 e. The van der Waals surface area contributed by atoms with Crippen molar-refractivity contribution in [3.05, 3.63) is 29.8 Å². The van der Waals surface area contributed by atoms with Gasteiger partial charge in [0.2, 0.25) is 5.91 Å². The molecule has 2 aliphatic heterocycles. The summed E-state index contributed by atoms with van der Waals surface area (Å²) in [4.78, 5) is 19.6. The first-order valence-electron chi connectivity index (χ1n) is 11.6. The summed E-state index contributed by atoms with van der Waals surface area (Å²) in [7, 11) is 1.71. The fourth-order valence-electron chi connectivity index (χ4n) is 4.71. The van der Waals surface area contributed by atoms with E-state index >= 15 is 0 Å². The first-order valence-corrected chi connectivity index (χ1v) is 11.6. The molecular formula is C24H39N3O3. The summed E-state index contributed by atoms with van der Waals surface area (Å²) in [6, 6.07) is 8.34. The van der Waals surface area contributed by atoms with Crippen LogP contribution in [0.2, 0.25) is 0 Å². The highest BCUT2D eigenvalue weighted by atomic mass is 16.5. The van der Waals surface area contributed by atoms with E-state index < -0.39 is 0 Å². The van der Waals surface area contributed by atoms with Gasteiger partial charge in [-0.05, 0) is 69.2 Å². The number of likely N-dealkylation sites (tertiary alicyclic amines) is 2. The molecule has 1 amide bonds. The summed E-state index contributed by atoms with van der Waals surface area (Å²) in [5, 5.41) is 9.67. The number of likely N-dealkylation sites (N-methyl/N-ethyl adjacent to an activating group) is 1. The molecule has 2 fully saturated rings. The van der Waals surface area contributed by atoms with Crippen molar-refractivity contribution in [2.24, 2.45) is 5.92 Å². The van der Waals surface area contributed by atoms with E-state index in [1.165, 1.54) is 18.4 Å². The Kier molecular flexibility index (Phi) is 8.97. The number of hydrogen-bond acceptors (Lipinski definition) is 5. The van der Waals surface area contributed by atoms with Crippen LogP contribution in [0.5, 0.6) is 5.75 Å². The quantitative estimate of drug-likeness (QED) is 0.668. The lowest BCUT2D eigenvalue weighted by Crippen LogP contribution is -2.47. The number of aliphatic hydroxyl groups is 1. The van der Waals surface area contributed by atoms with Crippen LogP contribution in [0.15, 0.2) is 24.3 Å². The van der Waals surface area contributed by atoms with Crippen molar-refractivity contribution < 1.29 is 14.6 Å². The van der Waals surface area contributed by atoms with Gasteiger partial charge in [-0.15, -0.1) is 0 Å².